The van der Waals surface area contributed by atoms with E-state index in [1.165, 1.54) is 12.3 Å². The number of alkyl halides is 2. The van der Waals surface area contributed by atoms with E-state index < -0.39 is 17.3 Å². The number of carbonyl (C=O) groups excluding carboxylic acids is 1. The van der Waals surface area contributed by atoms with Crippen LogP contribution in [0, 0.1) is 5.95 Å². The molecule has 1 aromatic carbocycles. The van der Waals surface area contributed by atoms with Crippen molar-refractivity contribution in [1.29, 1.82) is 0 Å². The first-order chi connectivity index (χ1) is 11.9. The van der Waals surface area contributed by atoms with Gasteiger partial charge in [0.05, 0.1) is 0 Å². The third kappa shape index (κ3) is 4.00. The molecule has 25 heavy (non-hydrogen) atoms. The summed E-state index contributed by atoms with van der Waals surface area (Å²) >= 11 is 0. The molecule has 1 aliphatic carbocycles. The summed E-state index contributed by atoms with van der Waals surface area (Å²) < 4.78 is 40.4. The molecule has 0 radical (unpaired) electrons. The first-order valence-electron chi connectivity index (χ1n) is 8.23. The maximum Gasteiger partial charge on any atom is 0.251 e. The molecular weight excluding hydrogens is 329 g/mol. The normalized spacial score (nSPS) is 18.5. The van der Waals surface area contributed by atoms with Gasteiger partial charge >= 0.3 is 0 Å². The van der Waals surface area contributed by atoms with E-state index in [1.807, 2.05) is 6.07 Å². The Morgan fingerprint density at radius 1 is 1.04 bits per heavy atom. The van der Waals surface area contributed by atoms with Gasteiger partial charge in [-0.05, 0) is 36.6 Å². The summed E-state index contributed by atoms with van der Waals surface area (Å²) in [5.41, 5.74) is 0.529. The minimum absolute atomic E-state index is 0.211. The lowest BCUT2D eigenvalue weighted by molar-refractivity contribution is -0.0516. The van der Waals surface area contributed by atoms with E-state index in [0.29, 0.717) is 11.1 Å². The highest BCUT2D eigenvalue weighted by Gasteiger charge is 2.44. The number of amides is 1. The fourth-order valence-electron chi connectivity index (χ4n) is 3.29. The number of benzene rings is 1. The van der Waals surface area contributed by atoms with Gasteiger partial charge in [-0.25, -0.2) is 13.8 Å². The molecule has 1 aliphatic rings. The van der Waals surface area contributed by atoms with Crippen molar-refractivity contribution in [1.82, 2.24) is 10.3 Å². The van der Waals surface area contributed by atoms with Gasteiger partial charge in [-0.15, -0.1) is 0 Å². The summed E-state index contributed by atoms with van der Waals surface area (Å²) in [4.78, 5) is 16.0. The van der Waals surface area contributed by atoms with E-state index >= 15 is 0 Å². The van der Waals surface area contributed by atoms with Crippen molar-refractivity contribution in [2.45, 2.75) is 37.0 Å². The van der Waals surface area contributed by atoms with Crippen LogP contribution in [0.1, 0.15) is 41.6 Å². The number of pyridine rings is 1. The Hall–Kier alpha value is -2.37. The van der Waals surface area contributed by atoms with Crippen molar-refractivity contribution in [2.75, 3.05) is 6.54 Å². The zero-order valence-electron chi connectivity index (χ0n) is 13.6. The Bertz CT molecular complexity index is 722. The molecule has 6 heteroatoms. The Kier molecular flexibility index (Phi) is 4.79. The van der Waals surface area contributed by atoms with Crippen LogP contribution in [0.5, 0.6) is 0 Å². The smallest absolute Gasteiger partial charge is 0.251 e. The molecule has 1 aromatic heterocycles. The van der Waals surface area contributed by atoms with E-state index in [-0.39, 0.29) is 38.1 Å². The number of nitrogens with one attached hydrogen (secondary N) is 1. The van der Waals surface area contributed by atoms with Crippen molar-refractivity contribution in [3.05, 3.63) is 65.7 Å². The summed E-state index contributed by atoms with van der Waals surface area (Å²) in [5, 5.41) is 2.84. The van der Waals surface area contributed by atoms with Crippen molar-refractivity contribution in [3.8, 4) is 0 Å². The fraction of sp³-hybridized carbons (Fsp3) is 0.368. The van der Waals surface area contributed by atoms with Crippen molar-refractivity contribution >= 4 is 5.91 Å². The van der Waals surface area contributed by atoms with Crippen LogP contribution in [0.25, 0.3) is 0 Å². The highest BCUT2D eigenvalue weighted by atomic mass is 19.3. The summed E-state index contributed by atoms with van der Waals surface area (Å²) in [6.45, 7) is 0.212. The molecule has 2 aromatic rings. The zero-order valence-corrected chi connectivity index (χ0v) is 13.6. The highest BCUT2D eigenvalue weighted by molar-refractivity contribution is 5.94. The summed E-state index contributed by atoms with van der Waals surface area (Å²) in [5.74, 6) is -3.57. The molecule has 1 N–H and O–H groups in total. The molecule has 0 bridgehead atoms. The number of carbonyl (C=O) groups is 1. The molecule has 3 rings (SSSR count). The van der Waals surface area contributed by atoms with Gasteiger partial charge in [0.25, 0.3) is 5.91 Å². The van der Waals surface area contributed by atoms with Gasteiger partial charge in [0.1, 0.15) is 0 Å². The summed E-state index contributed by atoms with van der Waals surface area (Å²) in [6, 6.07) is 11.5. The van der Waals surface area contributed by atoms with E-state index in [9.17, 15) is 18.0 Å². The minimum Gasteiger partial charge on any atom is -0.351 e. The van der Waals surface area contributed by atoms with E-state index in [0.717, 1.165) is 0 Å². The number of aromatic nitrogens is 1. The number of hydrogen-bond acceptors (Lipinski definition) is 2. The largest absolute Gasteiger partial charge is 0.351 e. The summed E-state index contributed by atoms with van der Waals surface area (Å²) in [6.07, 6.45) is 1.29. The molecular formula is C19H19F3N2O. The molecule has 0 spiro atoms. The lowest BCUT2D eigenvalue weighted by atomic mass is 9.68. The van der Waals surface area contributed by atoms with E-state index in [2.05, 4.69) is 10.3 Å². The van der Waals surface area contributed by atoms with Gasteiger partial charge in [0, 0.05) is 36.6 Å². The molecule has 0 atom stereocenters. The predicted octanol–water partition coefficient (Wildman–Crippen LogP) is 4.10. The monoisotopic (exact) mass is 348 g/mol. The molecule has 0 saturated heterocycles. The molecule has 1 saturated carbocycles. The molecule has 1 heterocycles. The van der Waals surface area contributed by atoms with Gasteiger partial charge in [-0.3, -0.25) is 4.79 Å². The quantitative estimate of drug-likeness (QED) is 0.846. The molecule has 0 aliphatic heterocycles. The van der Waals surface area contributed by atoms with Gasteiger partial charge in [0.15, 0.2) is 0 Å². The maximum absolute atomic E-state index is 13.6. The SMILES string of the molecule is O=C(NCC1(c2ccc(F)nc2)CCC(F)(F)CC1)c1ccccc1. The van der Waals surface area contributed by atoms with Crippen LogP contribution < -0.4 is 5.32 Å². The lowest BCUT2D eigenvalue weighted by Crippen LogP contribution is -2.45. The second-order valence-corrected chi connectivity index (χ2v) is 6.55. The Balaban J connectivity index is 1.80. The molecule has 132 valence electrons. The number of halogens is 3. The molecule has 3 nitrogen and oxygen atoms in total. The lowest BCUT2D eigenvalue weighted by Gasteiger charge is -2.40. The maximum atomic E-state index is 13.6. The van der Waals surface area contributed by atoms with Crippen LogP contribution in [0.3, 0.4) is 0 Å². The fourth-order valence-corrected chi connectivity index (χ4v) is 3.29. The molecule has 1 fully saturated rings. The van der Waals surface area contributed by atoms with Crippen molar-refractivity contribution < 1.29 is 18.0 Å². The van der Waals surface area contributed by atoms with Crippen LogP contribution >= 0.6 is 0 Å². The third-order valence-electron chi connectivity index (χ3n) is 4.90. The Labute approximate surface area is 144 Å². The molecule has 1 amide bonds. The average Bonchev–Trinajstić information content (AvgIpc) is 2.62. The van der Waals surface area contributed by atoms with E-state index in [1.54, 1.807) is 30.3 Å². The van der Waals surface area contributed by atoms with E-state index in [4.69, 9.17) is 0 Å². The van der Waals surface area contributed by atoms with Crippen LogP contribution in [0.4, 0.5) is 13.2 Å². The number of hydrogen-bond donors (Lipinski definition) is 1. The zero-order chi connectivity index (χ0) is 17.9. The van der Waals surface area contributed by atoms with Crippen molar-refractivity contribution in [3.63, 3.8) is 0 Å². The van der Waals surface area contributed by atoms with Gasteiger partial charge in [-0.2, -0.15) is 4.39 Å². The first-order valence-corrected chi connectivity index (χ1v) is 8.23. The standard InChI is InChI=1S/C19H19F3N2O/c20-16-7-6-15(12-23-16)18(8-10-19(21,22)11-9-18)13-24-17(25)14-4-2-1-3-5-14/h1-7,12H,8-11,13H2,(H,24,25). The number of nitrogens with zero attached hydrogens (tertiary/aromatic N) is 1. The van der Waals surface area contributed by atoms with Crippen LogP contribution in [-0.2, 0) is 5.41 Å². The van der Waals surface area contributed by atoms with Crippen LogP contribution in [0.15, 0.2) is 48.7 Å². The average molecular weight is 348 g/mol. The highest BCUT2D eigenvalue weighted by Crippen LogP contribution is 2.45. The van der Waals surface area contributed by atoms with Gasteiger partial charge in [0.2, 0.25) is 11.9 Å². The first kappa shape index (κ1) is 17.5. The second kappa shape index (κ2) is 6.86. The Morgan fingerprint density at radius 2 is 1.72 bits per heavy atom. The Morgan fingerprint density at radius 3 is 2.32 bits per heavy atom. The summed E-state index contributed by atoms with van der Waals surface area (Å²) in [7, 11) is 0. The van der Waals surface area contributed by atoms with Crippen LogP contribution in [0.2, 0.25) is 0 Å². The second-order valence-electron chi connectivity index (χ2n) is 6.55. The topological polar surface area (TPSA) is 42.0 Å². The van der Waals surface area contributed by atoms with Crippen molar-refractivity contribution in [2.24, 2.45) is 0 Å². The minimum atomic E-state index is -2.69. The van der Waals surface area contributed by atoms with Crippen LogP contribution in [-0.4, -0.2) is 23.4 Å². The van der Waals surface area contributed by atoms with Gasteiger partial charge < -0.3 is 5.32 Å². The number of rotatable bonds is 4. The van der Waals surface area contributed by atoms with Gasteiger partial charge in [-0.1, -0.05) is 24.3 Å². The third-order valence-corrected chi connectivity index (χ3v) is 4.90. The predicted molar refractivity (Wildman–Crippen MR) is 88.1 cm³/mol. The molecule has 0 unspecified atom stereocenters.